The lowest BCUT2D eigenvalue weighted by molar-refractivity contribution is 0.620. The van der Waals surface area contributed by atoms with Crippen LogP contribution >= 0.6 is 22.7 Å². The number of anilines is 3. The zero-order valence-corrected chi connectivity index (χ0v) is 30.8. The van der Waals surface area contributed by atoms with Crippen molar-refractivity contribution in [2.45, 2.75) is 0 Å². The molecule has 12 aromatic rings. The average Bonchev–Trinajstić information content (AvgIpc) is 4.02. The summed E-state index contributed by atoms with van der Waals surface area (Å²) in [6.07, 6.45) is 0. The molecule has 0 saturated carbocycles. The lowest BCUT2D eigenvalue weighted by Gasteiger charge is -2.26. The predicted octanol–water partition coefficient (Wildman–Crippen LogP) is 15.3. The van der Waals surface area contributed by atoms with Gasteiger partial charge in [0, 0.05) is 85.4 Å². The van der Waals surface area contributed by atoms with Crippen molar-refractivity contribution < 1.29 is 8.83 Å². The Morgan fingerprint density at radius 1 is 0.418 bits per heavy atom. The minimum absolute atomic E-state index is 0.632. The molecule has 0 radical (unpaired) electrons. The number of furan rings is 1. The molecule has 0 N–H and O–H groups in total. The maximum Gasteiger partial charge on any atom is 0.227 e. The third-order valence-corrected chi connectivity index (χ3v) is 13.1. The molecule has 0 bridgehead atoms. The molecule has 0 aliphatic heterocycles. The van der Waals surface area contributed by atoms with Gasteiger partial charge in [0.1, 0.15) is 16.7 Å². The van der Waals surface area contributed by atoms with E-state index >= 15 is 0 Å². The first kappa shape index (κ1) is 30.7. The van der Waals surface area contributed by atoms with Crippen LogP contribution in [0.3, 0.4) is 0 Å². The molecule has 0 amide bonds. The van der Waals surface area contributed by atoms with E-state index < -0.39 is 0 Å². The van der Waals surface area contributed by atoms with Crippen LogP contribution in [0.15, 0.2) is 179 Å². The van der Waals surface area contributed by atoms with E-state index in [-0.39, 0.29) is 0 Å². The van der Waals surface area contributed by atoms with Gasteiger partial charge >= 0.3 is 0 Å². The molecule has 55 heavy (non-hydrogen) atoms. The standard InChI is InChI=1S/C49H28N2O2S2/c1-2-10-30(11-3-1)49-50-47-42(53-49)28-38(48-46(47)37-14-6-9-17-44(37)55-48)29-18-20-31(21-19-29)51(32-23-25-45-39(26-32)36-13-5-8-16-43(36)54-45)33-22-24-35-34-12-4-7-15-40(34)52-41(35)27-33/h1-28H. The molecule has 4 aromatic heterocycles. The topological polar surface area (TPSA) is 42.4 Å². The monoisotopic (exact) mass is 740 g/mol. The highest BCUT2D eigenvalue weighted by Crippen LogP contribution is 2.46. The Morgan fingerprint density at radius 2 is 1.07 bits per heavy atom. The zero-order chi connectivity index (χ0) is 36.0. The summed E-state index contributed by atoms with van der Waals surface area (Å²) in [5.41, 5.74) is 9.82. The van der Waals surface area contributed by atoms with Gasteiger partial charge in [-0.2, -0.15) is 0 Å². The van der Waals surface area contributed by atoms with E-state index in [1.54, 1.807) is 0 Å². The fourth-order valence-electron chi connectivity index (χ4n) is 8.14. The second-order valence-corrected chi connectivity index (χ2v) is 16.0. The number of nitrogens with zero attached hydrogens (tertiary/aromatic N) is 2. The molecular weight excluding hydrogens is 713 g/mol. The summed E-state index contributed by atoms with van der Waals surface area (Å²) in [7, 11) is 0. The van der Waals surface area contributed by atoms with Crippen molar-refractivity contribution in [2.24, 2.45) is 0 Å². The van der Waals surface area contributed by atoms with E-state index in [0.717, 1.165) is 72.2 Å². The third-order valence-electron chi connectivity index (χ3n) is 10.7. The summed E-state index contributed by atoms with van der Waals surface area (Å²) in [5.74, 6) is 0.632. The number of hydrogen-bond donors (Lipinski definition) is 0. The maximum atomic E-state index is 6.51. The molecule has 0 fully saturated rings. The number of rotatable bonds is 5. The van der Waals surface area contributed by atoms with Gasteiger partial charge in [-0.25, -0.2) is 4.98 Å². The quantitative estimate of drug-likeness (QED) is 0.176. The molecule has 0 aliphatic rings. The van der Waals surface area contributed by atoms with Crippen LogP contribution < -0.4 is 4.90 Å². The summed E-state index contributed by atoms with van der Waals surface area (Å²) in [6, 6.07) is 60.1. The second kappa shape index (κ2) is 11.9. The van der Waals surface area contributed by atoms with Gasteiger partial charge in [0.05, 0.1) is 0 Å². The number of hydrogen-bond acceptors (Lipinski definition) is 6. The molecule has 0 unspecified atom stereocenters. The molecule has 0 aliphatic carbocycles. The molecule has 8 aromatic carbocycles. The van der Waals surface area contributed by atoms with Crippen molar-refractivity contribution in [3.63, 3.8) is 0 Å². The second-order valence-electron chi connectivity index (χ2n) is 13.9. The van der Waals surface area contributed by atoms with E-state index in [9.17, 15) is 0 Å². The van der Waals surface area contributed by atoms with E-state index in [0.29, 0.717) is 5.89 Å². The van der Waals surface area contributed by atoms with Gasteiger partial charge in [-0.1, -0.05) is 84.9 Å². The number of para-hydroxylation sites is 1. The van der Waals surface area contributed by atoms with E-state index in [2.05, 4.69) is 132 Å². The zero-order valence-electron chi connectivity index (χ0n) is 29.2. The highest BCUT2D eigenvalue weighted by molar-refractivity contribution is 7.26. The van der Waals surface area contributed by atoms with Gasteiger partial charge in [-0.15, -0.1) is 22.7 Å². The van der Waals surface area contributed by atoms with Crippen LogP contribution in [-0.2, 0) is 0 Å². The largest absolute Gasteiger partial charge is 0.456 e. The highest BCUT2D eigenvalue weighted by Gasteiger charge is 2.21. The Labute approximate surface area is 322 Å². The van der Waals surface area contributed by atoms with Gasteiger partial charge in [-0.3, -0.25) is 0 Å². The Hall–Kier alpha value is -6.73. The molecule has 258 valence electrons. The number of aromatic nitrogens is 1. The Balaban J connectivity index is 1.04. The van der Waals surface area contributed by atoms with Gasteiger partial charge in [0.25, 0.3) is 0 Å². The van der Waals surface area contributed by atoms with Crippen LogP contribution in [0.4, 0.5) is 17.1 Å². The first-order chi connectivity index (χ1) is 27.2. The minimum atomic E-state index is 0.632. The van der Waals surface area contributed by atoms with Crippen LogP contribution in [0, 0.1) is 0 Å². The Morgan fingerprint density at radius 3 is 1.93 bits per heavy atom. The lowest BCUT2D eigenvalue weighted by Crippen LogP contribution is -2.09. The molecule has 0 saturated heterocycles. The van der Waals surface area contributed by atoms with E-state index in [4.69, 9.17) is 13.8 Å². The third kappa shape index (κ3) is 4.79. The smallest absolute Gasteiger partial charge is 0.227 e. The van der Waals surface area contributed by atoms with Crippen LogP contribution in [0.25, 0.3) is 96.0 Å². The van der Waals surface area contributed by atoms with Gasteiger partial charge in [0.2, 0.25) is 5.89 Å². The number of oxazole rings is 1. The molecule has 0 atom stereocenters. The first-order valence-corrected chi connectivity index (χ1v) is 19.9. The normalized spacial score (nSPS) is 12.0. The van der Waals surface area contributed by atoms with Crippen LogP contribution in [0.5, 0.6) is 0 Å². The summed E-state index contributed by atoms with van der Waals surface area (Å²) >= 11 is 3.65. The van der Waals surface area contributed by atoms with Crippen molar-refractivity contribution in [3.8, 4) is 22.6 Å². The number of fused-ring (bicyclic) bond motifs is 11. The molecule has 0 spiro atoms. The van der Waals surface area contributed by atoms with Crippen molar-refractivity contribution in [1.29, 1.82) is 0 Å². The Kier molecular flexibility index (Phi) is 6.64. The van der Waals surface area contributed by atoms with Crippen molar-refractivity contribution >= 4 is 113 Å². The number of benzene rings is 8. The molecule has 6 heteroatoms. The van der Waals surface area contributed by atoms with E-state index in [1.807, 2.05) is 65.1 Å². The lowest BCUT2D eigenvalue weighted by atomic mass is 10.0. The Bertz CT molecular complexity index is 3440. The molecule has 12 rings (SSSR count). The SMILES string of the molecule is c1ccc(-c2nc3c(cc(-c4ccc(N(c5ccc6c(c5)oc5ccccc56)c5ccc6sc7ccccc7c6c5)cc4)c4sc5ccccc5c43)o2)cc1. The van der Waals surface area contributed by atoms with Crippen LogP contribution in [-0.4, -0.2) is 4.98 Å². The number of thiophene rings is 2. The summed E-state index contributed by atoms with van der Waals surface area (Å²) in [6.45, 7) is 0. The van der Waals surface area contributed by atoms with Crippen LogP contribution in [0.2, 0.25) is 0 Å². The molecule has 4 heterocycles. The summed E-state index contributed by atoms with van der Waals surface area (Å²) in [4.78, 5) is 7.41. The molecule has 4 nitrogen and oxygen atoms in total. The molecular formula is C49H28N2O2S2. The van der Waals surface area contributed by atoms with Crippen molar-refractivity contribution in [1.82, 2.24) is 4.98 Å². The first-order valence-electron chi connectivity index (χ1n) is 18.3. The average molecular weight is 741 g/mol. The van der Waals surface area contributed by atoms with Gasteiger partial charge in [-0.05, 0) is 84.4 Å². The fourth-order valence-corrected chi connectivity index (χ4v) is 10.5. The fraction of sp³-hybridized carbons (Fsp3) is 0. The van der Waals surface area contributed by atoms with Gasteiger partial charge < -0.3 is 13.7 Å². The van der Waals surface area contributed by atoms with Crippen LogP contribution in [0.1, 0.15) is 0 Å². The predicted molar refractivity (Wildman–Crippen MR) is 233 cm³/mol. The maximum absolute atomic E-state index is 6.51. The summed E-state index contributed by atoms with van der Waals surface area (Å²) < 4.78 is 17.9. The van der Waals surface area contributed by atoms with E-state index in [1.165, 1.54) is 35.0 Å². The highest BCUT2D eigenvalue weighted by atomic mass is 32.1. The van der Waals surface area contributed by atoms with Gasteiger partial charge in [0.15, 0.2) is 5.58 Å². The minimum Gasteiger partial charge on any atom is -0.456 e. The summed E-state index contributed by atoms with van der Waals surface area (Å²) in [5, 5.41) is 7.10. The van der Waals surface area contributed by atoms with Crippen molar-refractivity contribution in [3.05, 3.63) is 170 Å². The van der Waals surface area contributed by atoms with Crippen molar-refractivity contribution in [2.75, 3.05) is 4.90 Å².